The Bertz CT molecular complexity index is 351. The first-order chi connectivity index (χ1) is 8.77. The molecule has 1 N–H and O–H groups in total. The second-order valence-corrected chi connectivity index (χ2v) is 4.61. The fraction of sp³-hybridized carbons (Fsp3) is 0.500. The number of unbranched alkanes of at least 4 members (excludes halogenated alkanes) is 1. The lowest BCUT2D eigenvalue weighted by molar-refractivity contribution is 0.0913. The minimum absolute atomic E-state index is 0.0461. The van der Waals surface area contributed by atoms with Crippen molar-refractivity contribution in [3.8, 4) is 0 Å². The summed E-state index contributed by atoms with van der Waals surface area (Å²) in [5.41, 5.74) is 1.85. The molecule has 3 nitrogen and oxygen atoms in total. The number of carbonyl (C=O) groups is 1. The molecule has 0 saturated heterocycles. The van der Waals surface area contributed by atoms with Crippen LogP contribution in [0.4, 0.5) is 0 Å². The van der Waals surface area contributed by atoms with Crippen LogP contribution in [0, 0.1) is 0 Å². The number of rotatable bonds is 8. The summed E-state index contributed by atoms with van der Waals surface area (Å²) >= 11 is 3.37. The summed E-state index contributed by atoms with van der Waals surface area (Å²) in [6.07, 6.45) is 2.20. The predicted octanol–water partition coefficient (Wildman–Crippen LogP) is 3.13. The van der Waals surface area contributed by atoms with Gasteiger partial charge in [-0.05, 0) is 24.1 Å². The number of ether oxygens (including phenoxy) is 1. The second-order valence-electron chi connectivity index (χ2n) is 4.05. The second kappa shape index (κ2) is 9.11. The molecule has 0 spiro atoms. The predicted molar refractivity (Wildman–Crippen MR) is 77.1 cm³/mol. The van der Waals surface area contributed by atoms with Gasteiger partial charge in [0.15, 0.2) is 0 Å². The minimum atomic E-state index is -0.0461. The van der Waals surface area contributed by atoms with Crippen LogP contribution in [-0.2, 0) is 10.1 Å². The first kappa shape index (κ1) is 15.2. The Morgan fingerprint density at radius 3 is 2.61 bits per heavy atom. The van der Waals surface area contributed by atoms with Gasteiger partial charge in [0.1, 0.15) is 0 Å². The van der Waals surface area contributed by atoms with Crippen LogP contribution in [-0.4, -0.2) is 25.7 Å². The van der Waals surface area contributed by atoms with Crippen molar-refractivity contribution >= 4 is 21.8 Å². The lowest BCUT2D eigenvalue weighted by Crippen LogP contribution is -2.27. The number of halogens is 1. The highest BCUT2D eigenvalue weighted by atomic mass is 79.9. The van der Waals surface area contributed by atoms with E-state index in [-0.39, 0.29) is 5.91 Å². The van der Waals surface area contributed by atoms with E-state index in [1.165, 1.54) is 0 Å². The van der Waals surface area contributed by atoms with E-state index < -0.39 is 0 Å². The van der Waals surface area contributed by atoms with Crippen LogP contribution >= 0.6 is 15.9 Å². The van der Waals surface area contributed by atoms with E-state index in [9.17, 15) is 4.79 Å². The Morgan fingerprint density at radius 2 is 2.00 bits per heavy atom. The molecule has 0 radical (unpaired) electrons. The largest absolute Gasteiger partial charge is 0.380 e. The van der Waals surface area contributed by atoms with E-state index in [0.717, 1.165) is 30.3 Å². The van der Waals surface area contributed by atoms with Crippen molar-refractivity contribution < 1.29 is 9.53 Å². The highest BCUT2D eigenvalue weighted by Crippen LogP contribution is 2.07. The van der Waals surface area contributed by atoms with E-state index in [2.05, 4.69) is 28.2 Å². The molecular formula is C14H20BrNO2. The minimum Gasteiger partial charge on any atom is -0.380 e. The summed E-state index contributed by atoms with van der Waals surface area (Å²) in [6.45, 7) is 4.03. The summed E-state index contributed by atoms with van der Waals surface area (Å²) in [4.78, 5) is 11.8. The fourth-order valence-corrected chi connectivity index (χ4v) is 1.81. The molecule has 1 aromatic carbocycles. The topological polar surface area (TPSA) is 38.3 Å². The molecule has 0 saturated carbocycles. The van der Waals surface area contributed by atoms with Crippen molar-refractivity contribution in [3.63, 3.8) is 0 Å². The first-order valence-corrected chi connectivity index (χ1v) is 7.41. The molecule has 4 heteroatoms. The third kappa shape index (κ3) is 5.65. The zero-order chi connectivity index (χ0) is 13.2. The summed E-state index contributed by atoms with van der Waals surface area (Å²) in [7, 11) is 0. The van der Waals surface area contributed by atoms with Crippen molar-refractivity contribution in [1.82, 2.24) is 5.32 Å². The molecule has 0 aliphatic rings. The summed E-state index contributed by atoms with van der Waals surface area (Å²) < 4.78 is 5.38. The average Bonchev–Trinajstić information content (AvgIpc) is 2.42. The van der Waals surface area contributed by atoms with Gasteiger partial charge in [-0.15, -0.1) is 0 Å². The zero-order valence-electron chi connectivity index (χ0n) is 10.7. The van der Waals surface area contributed by atoms with Gasteiger partial charge in [-0.3, -0.25) is 4.79 Å². The maximum Gasteiger partial charge on any atom is 0.251 e. The molecule has 0 aliphatic carbocycles. The maximum atomic E-state index is 11.8. The van der Waals surface area contributed by atoms with Gasteiger partial charge in [-0.1, -0.05) is 41.4 Å². The van der Waals surface area contributed by atoms with Crippen molar-refractivity contribution in [2.45, 2.75) is 25.1 Å². The molecule has 0 atom stereocenters. The van der Waals surface area contributed by atoms with Crippen molar-refractivity contribution in [2.24, 2.45) is 0 Å². The van der Waals surface area contributed by atoms with E-state index in [1.807, 2.05) is 24.3 Å². The van der Waals surface area contributed by atoms with E-state index in [0.29, 0.717) is 18.7 Å². The molecule has 1 amide bonds. The van der Waals surface area contributed by atoms with E-state index >= 15 is 0 Å². The Hall–Kier alpha value is -0.870. The van der Waals surface area contributed by atoms with Gasteiger partial charge in [0.05, 0.1) is 6.61 Å². The highest BCUT2D eigenvalue weighted by Gasteiger charge is 2.03. The third-order valence-electron chi connectivity index (χ3n) is 2.54. The third-order valence-corrected chi connectivity index (χ3v) is 3.19. The number of hydrogen-bond acceptors (Lipinski definition) is 2. The highest BCUT2D eigenvalue weighted by molar-refractivity contribution is 9.08. The van der Waals surface area contributed by atoms with Crippen LogP contribution in [0.2, 0.25) is 0 Å². The standard InChI is InChI=1S/C14H20BrNO2/c1-2-3-9-18-10-8-16-14(17)13-6-4-12(11-15)5-7-13/h4-7H,2-3,8-11H2,1H3,(H,16,17). The van der Waals surface area contributed by atoms with Crippen LogP contribution in [0.3, 0.4) is 0 Å². The van der Waals surface area contributed by atoms with Crippen LogP contribution < -0.4 is 5.32 Å². The summed E-state index contributed by atoms with van der Waals surface area (Å²) in [5, 5.41) is 3.64. The molecule has 0 bridgehead atoms. The van der Waals surface area contributed by atoms with E-state index in [1.54, 1.807) is 0 Å². The molecular weight excluding hydrogens is 294 g/mol. The molecule has 1 rings (SSSR count). The van der Waals surface area contributed by atoms with Gasteiger partial charge in [0, 0.05) is 24.0 Å². The molecule has 100 valence electrons. The van der Waals surface area contributed by atoms with Crippen LogP contribution in [0.25, 0.3) is 0 Å². The first-order valence-electron chi connectivity index (χ1n) is 6.28. The number of benzene rings is 1. The fourth-order valence-electron chi connectivity index (χ4n) is 1.43. The molecule has 1 aromatic rings. The molecule has 0 unspecified atom stereocenters. The normalized spacial score (nSPS) is 10.3. The van der Waals surface area contributed by atoms with E-state index in [4.69, 9.17) is 4.74 Å². The molecule has 0 fully saturated rings. The molecule has 18 heavy (non-hydrogen) atoms. The monoisotopic (exact) mass is 313 g/mol. The number of amides is 1. The number of carbonyl (C=O) groups excluding carboxylic acids is 1. The van der Waals surface area contributed by atoms with Gasteiger partial charge in [0.25, 0.3) is 5.91 Å². The lowest BCUT2D eigenvalue weighted by Gasteiger charge is -2.06. The number of nitrogens with one attached hydrogen (secondary N) is 1. The Balaban J connectivity index is 2.23. The van der Waals surface area contributed by atoms with Gasteiger partial charge in [0.2, 0.25) is 0 Å². The SMILES string of the molecule is CCCCOCCNC(=O)c1ccc(CBr)cc1. The smallest absolute Gasteiger partial charge is 0.251 e. The number of alkyl halides is 1. The Morgan fingerprint density at radius 1 is 1.28 bits per heavy atom. The van der Waals surface area contributed by atoms with Crippen molar-refractivity contribution in [1.29, 1.82) is 0 Å². The van der Waals surface area contributed by atoms with Gasteiger partial charge >= 0.3 is 0 Å². The molecule has 0 aromatic heterocycles. The summed E-state index contributed by atoms with van der Waals surface area (Å²) in [6, 6.07) is 7.57. The van der Waals surface area contributed by atoms with Crippen molar-refractivity contribution in [3.05, 3.63) is 35.4 Å². The van der Waals surface area contributed by atoms with Gasteiger partial charge in [-0.25, -0.2) is 0 Å². The van der Waals surface area contributed by atoms with Crippen molar-refractivity contribution in [2.75, 3.05) is 19.8 Å². The van der Waals surface area contributed by atoms with Crippen LogP contribution in [0.15, 0.2) is 24.3 Å². The maximum absolute atomic E-state index is 11.8. The van der Waals surface area contributed by atoms with Gasteiger partial charge < -0.3 is 10.1 Å². The van der Waals surface area contributed by atoms with Crippen LogP contribution in [0.5, 0.6) is 0 Å². The molecule has 0 aliphatic heterocycles. The molecule has 0 heterocycles. The Kier molecular flexibility index (Phi) is 7.69. The quantitative estimate of drug-likeness (QED) is 0.591. The number of hydrogen-bond donors (Lipinski definition) is 1. The van der Waals surface area contributed by atoms with Crippen LogP contribution in [0.1, 0.15) is 35.7 Å². The lowest BCUT2D eigenvalue weighted by atomic mass is 10.1. The zero-order valence-corrected chi connectivity index (χ0v) is 12.3. The Labute approximate surface area is 117 Å². The average molecular weight is 314 g/mol. The summed E-state index contributed by atoms with van der Waals surface area (Å²) in [5.74, 6) is -0.0461. The van der Waals surface area contributed by atoms with Gasteiger partial charge in [-0.2, -0.15) is 0 Å².